The molecule has 4 nitrogen and oxygen atoms in total. The first-order chi connectivity index (χ1) is 13.6. The minimum absolute atomic E-state index is 0.803. The highest BCUT2D eigenvalue weighted by Gasteiger charge is 2.08. The molecule has 0 aliphatic carbocycles. The van der Waals surface area contributed by atoms with Crippen molar-refractivity contribution in [3.05, 3.63) is 83.4 Å². The maximum Gasteiger partial charge on any atom is 0.169 e. The number of aromatic nitrogens is 2. The predicted molar refractivity (Wildman–Crippen MR) is 113 cm³/mol. The highest BCUT2D eigenvalue weighted by molar-refractivity contribution is 5.78. The second-order valence-electron chi connectivity index (χ2n) is 6.60. The second-order valence-corrected chi connectivity index (χ2v) is 6.60. The first kappa shape index (κ1) is 19.4. The topological polar surface area (TPSA) is 26.2 Å². The molecular formula is C24H26N2O2+2. The first-order valence-electron chi connectivity index (χ1n) is 9.12. The Labute approximate surface area is 166 Å². The van der Waals surface area contributed by atoms with Gasteiger partial charge < -0.3 is 9.47 Å². The van der Waals surface area contributed by atoms with E-state index in [0.717, 1.165) is 33.8 Å². The number of hydrogen-bond acceptors (Lipinski definition) is 2. The van der Waals surface area contributed by atoms with Gasteiger partial charge in [0.05, 0.1) is 14.2 Å². The molecular weight excluding hydrogens is 348 g/mol. The fourth-order valence-electron chi connectivity index (χ4n) is 2.82. The maximum absolute atomic E-state index is 5.61. The summed E-state index contributed by atoms with van der Waals surface area (Å²) in [5, 5.41) is 0. The van der Waals surface area contributed by atoms with E-state index in [1.807, 2.05) is 72.3 Å². The van der Waals surface area contributed by atoms with Gasteiger partial charge >= 0.3 is 0 Å². The lowest BCUT2D eigenvalue weighted by Crippen LogP contribution is -2.25. The SMILES string of the molecule is COc1cc(/C=C/c2cc[n+](C)cc2)c(OC)cc1/C=C/c1cc[n+](C)cc1. The summed E-state index contributed by atoms with van der Waals surface area (Å²) in [6.45, 7) is 0. The Kier molecular flexibility index (Phi) is 6.22. The number of methoxy groups -OCH3 is 2. The minimum atomic E-state index is 0.803. The van der Waals surface area contributed by atoms with E-state index < -0.39 is 0 Å². The van der Waals surface area contributed by atoms with Crippen LogP contribution in [-0.4, -0.2) is 14.2 Å². The lowest BCUT2D eigenvalue weighted by atomic mass is 10.1. The van der Waals surface area contributed by atoms with Crippen LogP contribution in [0.2, 0.25) is 0 Å². The molecule has 0 atom stereocenters. The van der Waals surface area contributed by atoms with E-state index in [-0.39, 0.29) is 0 Å². The Morgan fingerprint density at radius 3 is 1.29 bits per heavy atom. The van der Waals surface area contributed by atoms with Crippen molar-refractivity contribution >= 4 is 24.3 Å². The Morgan fingerprint density at radius 2 is 0.964 bits per heavy atom. The molecule has 0 unspecified atom stereocenters. The molecule has 142 valence electrons. The van der Waals surface area contributed by atoms with Crippen molar-refractivity contribution in [2.45, 2.75) is 0 Å². The molecule has 2 heterocycles. The summed E-state index contributed by atoms with van der Waals surface area (Å²) in [6.07, 6.45) is 16.3. The van der Waals surface area contributed by atoms with Gasteiger partial charge in [0.25, 0.3) is 0 Å². The third-order valence-electron chi connectivity index (χ3n) is 4.50. The van der Waals surface area contributed by atoms with Gasteiger partial charge in [-0.25, -0.2) is 9.13 Å². The van der Waals surface area contributed by atoms with Crippen molar-refractivity contribution in [3.63, 3.8) is 0 Å². The van der Waals surface area contributed by atoms with Crippen molar-refractivity contribution in [1.82, 2.24) is 0 Å². The Morgan fingerprint density at radius 1 is 0.607 bits per heavy atom. The number of pyridine rings is 2. The monoisotopic (exact) mass is 374 g/mol. The van der Waals surface area contributed by atoms with E-state index in [0.29, 0.717) is 0 Å². The van der Waals surface area contributed by atoms with Gasteiger partial charge in [-0.2, -0.15) is 0 Å². The predicted octanol–water partition coefficient (Wildman–Crippen LogP) is 3.69. The van der Waals surface area contributed by atoms with Gasteiger partial charge in [0, 0.05) is 35.4 Å². The van der Waals surface area contributed by atoms with E-state index in [1.165, 1.54) is 0 Å². The molecule has 0 amide bonds. The summed E-state index contributed by atoms with van der Waals surface area (Å²) >= 11 is 0. The number of aryl methyl sites for hydroxylation is 2. The summed E-state index contributed by atoms with van der Waals surface area (Å²) in [6, 6.07) is 12.3. The van der Waals surface area contributed by atoms with Crippen molar-refractivity contribution < 1.29 is 18.6 Å². The number of hydrogen-bond donors (Lipinski definition) is 0. The zero-order valence-corrected chi connectivity index (χ0v) is 16.8. The van der Waals surface area contributed by atoms with Gasteiger partial charge in [0.15, 0.2) is 24.8 Å². The van der Waals surface area contributed by atoms with Crippen LogP contribution in [0.4, 0.5) is 0 Å². The molecule has 0 saturated carbocycles. The number of rotatable bonds is 6. The molecule has 0 N–H and O–H groups in total. The van der Waals surface area contributed by atoms with Crippen LogP contribution >= 0.6 is 0 Å². The van der Waals surface area contributed by atoms with E-state index in [4.69, 9.17) is 9.47 Å². The number of ether oxygens (including phenoxy) is 2. The van der Waals surface area contributed by atoms with E-state index >= 15 is 0 Å². The maximum atomic E-state index is 5.61. The van der Waals surface area contributed by atoms with Crippen LogP contribution < -0.4 is 18.6 Å². The molecule has 0 radical (unpaired) electrons. The van der Waals surface area contributed by atoms with Crippen LogP contribution in [0.3, 0.4) is 0 Å². The Bertz CT molecular complexity index is 905. The summed E-state index contributed by atoms with van der Waals surface area (Å²) < 4.78 is 15.2. The summed E-state index contributed by atoms with van der Waals surface area (Å²) in [5.74, 6) is 1.61. The van der Waals surface area contributed by atoms with Crippen molar-refractivity contribution in [1.29, 1.82) is 0 Å². The fraction of sp³-hybridized carbons (Fsp3) is 0.167. The van der Waals surface area contributed by atoms with Gasteiger partial charge in [-0.1, -0.05) is 24.3 Å². The van der Waals surface area contributed by atoms with Crippen LogP contribution in [0.5, 0.6) is 11.5 Å². The molecule has 4 heteroatoms. The van der Waals surface area contributed by atoms with E-state index in [1.54, 1.807) is 14.2 Å². The van der Waals surface area contributed by atoms with Gasteiger partial charge in [-0.05, 0) is 23.3 Å². The zero-order valence-electron chi connectivity index (χ0n) is 16.8. The third-order valence-corrected chi connectivity index (χ3v) is 4.50. The van der Waals surface area contributed by atoms with Gasteiger partial charge in [-0.3, -0.25) is 0 Å². The van der Waals surface area contributed by atoms with Crippen LogP contribution in [-0.2, 0) is 14.1 Å². The van der Waals surface area contributed by atoms with Gasteiger partial charge in [-0.15, -0.1) is 0 Å². The molecule has 0 spiro atoms. The highest BCUT2D eigenvalue weighted by Crippen LogP contribution is 2.31. The third kappa shape index (κ3) is 4.86. The van der Waals surface area contributed by atoms with Gasteiger partial charge in [0.1, 0.15) is 25.6 Å². The van der Waals surface area contributed by atoms with Crippen LogP contribution in [0, 0.1) is 0 Å². The summed E-state index contributed by atoms with van der Waals surface area (Å²) in [4.78, 5) is 0. The average molecular weight is 374 g/mol. The van der Waals surface area contributed by atoms with Crippen LogP contribution in [0.25, 0.3) is 24.3 Å². The molecule has 0 bridgehead atoms. The Hall–Kier alpha value is -3.40. The van der Waals surface area contributed by atoms with Crippen molar-refractivity contribution in [2.75, 3.05) is 14.2 Å². The molecule has 3 rings (SSSR count). The summed E-state index contributed by atoms with van der Waals surface area (Å²) in [5.41, 5.74) is 4.19. The minimum Gasteiger partial charge on any atom is -0.496 e. The first-order valence-corrected chi connectivity index (χ1v) is 9.12. The second kappa shape index (κ2) is 9.00. The fourth-order valence-corrected chi connectivity index (χ4v) is 2.82. The molecule has 0 fully saturated rings. The largest absolute Gasteiger partial charge is 0.496 e. The molecule has 3 aromatic rings. The smallest absolute Gasteiger partial charge is 0.169 e. The number of nitrogens with zero attached hydrogens (tertiary/aromatic N) is 2. The molecule has 28 heavy (non-hydrogen) atoms. The normalized spacial score (nSPS) is 11.3. The highest BCUT2D eigenvalue weighted by atomic mass is 16.5. The molecule has 2 aromatic heterocycles. The van der Waals surface area contributed by atoms with Crippen molar-refractivity contribution in [2.24, 2.45) is 14.1 Å². The zero-order chi connectivity index (χ0) is 19.9. The standard InChI is InChI=1S/C24H26N2O2/c1-25-13-9-19(10-14-25)5-7-21-17-24(28-4)22(18-23(21)27-3)8-6-20-11-15-26(2)16-12-20/h5-18H,1-4H3/q+2/b7-5+,8-6+. The lowest BCUT2D eigenvalue weighted by molar-refractivity contribution is -0.671. The molecule has 1 aromatic carbocycles. The molecule has 0 aliphatic rings. The average Bonchev–Trinajstić information content (AvgIpc) is 2.72. The van der Waals surface area contributed by atoms with E-state index in [9.17, 15) is 0 Å². The molecule has 0 aliphatic heterocycles. The summed E-state index contributed by atoms with van der Waals surface area (Å²) in [7, 11) is 7.38. The van der Waals surface area contributed by atoms with Crippen LogP contribution in [0.15, 0.2) is 61.2 Å². The lowest BCUT2D eigenvalue weighted by Gasteiger charge is -2.11. The molecule has 0 saturated heterocycles. The van der Waals surface area contributed by atoms with E-state index in [2.05, 4.69) is 36.4 Å². The quantitative estimate of drug-likeness (QED) is 0.615. The van der Waals surface area contributed by atoms with Gasteiger partial charge in [0.2, 0.25) is 0 Å². The van der Waals surface area contributed by atoms with Crippen LogP contribution in [0.1, 0.15) is 22.3 Å². The number of benzene rings is 1. The van der Waals surface area contributed by atoms with Crippen molar-refractivity contribution in [3.8, 4) is 11.5 Å². The Balaban J connectivity index is 1.90.